The summed E-state index contributed by atoms with van der Waals surface area (Å²) < 4.78 is 131. The molecule has 2 heterocycles. The van der Waals surface area contributed by atoms with Gasteiger partial charge in [0.2, 0.25) is 5.91 Å². The van der Waals surface area contributed by atoms with Crippen molar-refractivity contribution in [3.8, 4) is 0 Å². The predicted molar refractivity (Wildman–Crippen MR) is 191 cm³/mol. The fourth-order valence-electron chi connectivity index (χ4n) is 7.56. The number of rotatable bonds is 11. The molecule has 0 radical (unpaired) electrons. The molecule has 3 aliphatic rings. The van der Waals surface area contributed by atoms with Gasteiger partial charge in [-0.2, -0.15) is 13.9 Å². The first kappa shape index (κ1) is 38.9. The van der Waals surface area contributed by atoms with Crippen LogP contribution in [-0.2, 0) is 33.7 Å². The van der Waals surface area contributed by atoms with Gasteiger partial charge in [0.25, 0.3) is 28.3 Å². The molecule has 3 aromatic carbocycles. The monoisotopic (exact) mass is 826 g/mol. The van der Waals surface area contributed by atoms with E-state index in [1.807, 2.05) is 0 Å². The van der Waals surface area contributed by atoms with Crippen LogP contribution < -0.4 is 26.6 Å². The number of fused-ring (bicyclic) bond motifs is 4. The summed E-state index contributed by atoms with van der Waals surface area (Å²) in [6, 6.07) is 7.15. The lowest BCUT2D eigenvalue weighted by atomic mass is 9.96. The minimum Gasteiger partial charge on any atom is -0.386 e. The highest BCUT2D eigenvalue weighted by molar-refractivity contribution is 7.89. The number of alkyl halides is 4. The minimum absolute atomic E-state index is 0.0179. The number of nitrogens with one attached hydrogen (secondary N) is 3. The van der Waals surface area contributed by atoms with Crippen molar-refractivity contribution >= 4 is 56.3 Å². The van der Waals surface area contributed by atoms with Crippen LogP contribution in [0.25, 0.3) is 0 Å². The highest BCUT2D eigenvalue weighted by atomic mass is 35.5. The van der Waals surface area contributed by atoms with E-state index in [0.717, 1.165) is 29.4 Å². The molecule has 0 spiro atoms. The number of amides is 2. The maximum Gasteiger partial charge on any atom is 0.293 e. The summed E-state index contributed by atoms with van der Waals surface area (Å²) in [4.78, 5) is 29.3. The van der Waals surface area contributed by atoms with Gasteiger partial charge in [0.1, 0.15) is 47.4 Å². The van der Waals surface area contributed by atoms with Gasteiger partial charge in [-0.15, -0.1) is 4.40 Å². The molecule has 56 heavy (non-hydrogen) atoms. The minimum atomic E-state index is -4.10. The summed E-state index contributed by atoms with van der Waals surface area (Å²) in [5, 5.41) is 11.9. The maximum atomic E-state index is 15.4. The standard InChI is InChI=1S/C35H30ClF7N8O4S/c1-45-28-23(7-6-19(36)26(28)32(44)49-56(2,54)55)51-33(47-21-5-3-4-20(39)27(21)34(51)53)22(10-14-8-15(37)11-16(38)9-14)46-24(52)13-50-30-25(29(48-50)31(40)41)17-12-18(17)35(30,42)43/h3-9,11,17-18,22,31,33,45,47H,10,12-13H2,1-2H3,(H2,44,49)(H,46,52)/t17-,18?,22+,33?/m1/s1. The number of halogens is 8. The molecule has 21 heteroatoms. The molecule has 1 aliphatic heterocycles. The van der Waals surface area contributed by atoms with Crippen LogP contribution in [0.3, 0.4) is 0 Å². The zero-order valence-electron chi connectivity index (χ0n) is 29.1. The normalized spacial score (nSPS) is 20.3. The molecule has 2 unspecified atom stereocenters. The number of amidine groups is 1. The van der Waals surface area contributed by atoms with Crippen LogP contribution in [0.2, 0.25) is 5.02 Å². The van der Waals surface area contributed by atoms with Gasteiger partial charge >= 0.3 is 0 Å². The molecular weight excluding hydrogens is 797 g/mol. The number of carbonyl (C=O) groups excluding carboxylic acids is 2. The quantitative estimate of drug-likeness (QED) is 0.0859. The average Bonchev–Trinajstić information content (AvgIpc) is 3.75. The Morgan fingerprint density at radius 3 is 2.48 bits per heavy atom. The van der Waals surface area contributed by atoms with E-state index < -0.39 is 111 Å². The van der Waals surface area contributed by atoms with Crippen LogP contribution in [0.4, 0.5) is 47.8 Å². The number of hydrogen-bond donors (Lipinski definition) is 4. The van der Waals surface area contributed by atoms with Crippen LogP contribution in [0.5, 0.6) is 0 Å². The molecule has 12 nitrogen and oxygen atoms in total. The smallest absolute Gasteiger partial charge is 0.293 e. The SMILES string of the molecule is CNc1c(N2C(=O)c3c(F)cccc3NC2[C@H](Cc2cc(F)cc(F)c2)NC(=O)Cn2nc(C(F)F)c3c2C(F)(F)C2C[C@@H]32)ccc(Cl)c1/C(N)=N/S(C)(=O)=O. The van der Waals surface area contributed by atoms with Gasteiger partial charge in [-0.3, -0.25) is 19.2 Å². The molecule has 0 bridgehead atoms. The molecule has 2 aliphatic carbocycles. The van der Waals surface area contributed by atoms with Crippen LogP contribution in [0, 0.1) is 23.4 Å². The summed E-state index contributed by atoms with van der Waals surface area (Å²) in [7, 11) is -2.73. The molecule has 296 valence electrons. The Morgan fingerprint density at radius 2 is 1.84 bits per heavy atom. The van der Waals surface area contributed by atoms with Gasteiger partial charge < -0.3 is 21.7 Å². The van der Waals surface area contributed by atoms with E-state index in [1.165, 1.54) is 31.3 Å². The molecule has 2 amide bonds. The molecule has 4 atom stereocenters. The van der Waals surface area contributed by atoms with E-state index in [1.54, 1.807) is 0 Å². The van der Waals surface area contributed by atoms with Crippen molar-refractivity contribution < 1.29 is 48.7 Å². The highest BCUT2D eigenvalue weighted by Gasteiger charge is 2.67. The van der Waals surface area contributed by atoms with Gasteiger partial charge in [-0.1, -0.05) is 17.7 Å². The lowest BCUT2D eigenvalue weighted by Crippen LogP contribution is -2.61. The van der Waals surface area contributed by atoms with Gasteiger partial charge in [-0.05, 0) is 60.7 Å². The Hall–Kier alpha value is -5.37. The van der Waals surface area contributed by atoms with E-state index in [9.17, 15) is 35.6 Å². The Kier molecular flexibility index (Phi) is 9.71. The predicted octanol–water partition coefficient (Wildman–Crippen LogP) is 5.63. The van der Waals surface area contributed by atoms with Crippen molar-refractivity contribution in [2.45, 2.75) is 49.9 Å². The number of carbonyl (C=O) groups is 2. The summed E-state index contributed by atoms with van der Waals surface area (Å²) >= 11 is 6.45. The number of benzene rings is 3. The van der Waals surface area contributed by atoms with Crippen molar-refractivity contribution in [2.24, 2.45) is 16.0 Å². The molecule has 7 rings (SSSR count). The first-order chi connectivity index (χ1) is 26.3. The first-order valence-corrected chi connectivity index (χ1v) is 19.0. The maximum absolute atomic E-state index is 15.4. The highest BCUT2D eigenvalue weighted by Crippen LogP contribution is 2.68. The Bertz CT molecular complexity index is 2430. The Balaban J connectivity index is 1.36. The lowest BCUT2D eigenvalue weighted by Gasteiger charge is -2.43. The van der Waals surface area contributed by atoms with Gasteiger partial charge in [-0.25, -0.2) is 30.4 Å². The molecule has 1 saturated carbocycles. The average molecular weight is 827 g/mol. The number of hydrogen-bond acceptors (Lipinski definition) is 7. The van der Waals surface area contributed by atoms with Gasteiger partial charge in [0, 0.05) is 24.6 Å². The van der Waals surface area contributed by atoms with Gasteiger partial charge in [0.05, 0.1) is 45.5 Å². The van der Waals surface area contributed by atoms with E-state index in [2.05, 4.69) is 25.4 Å². The topological polar surface area (TPSA) is 164 Å². The largest absolute Gasteiger partial charge is 0.386 e. The molecule has 1 aromatic heterocycles. The third kappa shape index (κ3) is 6.88. The number of aromatic nitrogens is 2. The zero-order chi connectivity index (χ0) is 40.6. The van der Waals surface area contributed by atoms with Gasteiger partial charge in [0.15, 0.2) is 0 Å². The molecule has 1 fully saturated rings. The lowest BCUT2D eigenvalue weighted by molar-refractivity contribution is -0.123. The molecule has 0 saturated heterocycles. The second-order valence-electron chi connectivity index (χ2n) is 13.5. The fourth-order valence-corrected chi connectivity index (χ4v) is 8.26. The summed E-state index contributed by atoms with van der Waals surface area (Å²) in [6.45, 7) is -1.00. The van der Waals surface area contributed by atoms with Crippen molar-refractivity contribution in [3.05, 3.63) is 105 Å². The first-order valence-electron chi connectivity index (χ1n) is 16.8. The number of sulfonamides is 1. The van der Waals surface area contributed by atoms with Crippen LogP contribution in [0.1, 0.15) is 57.2 Å². The molecule has 5 N–H and O–H groups in total. The fraction of sp³-hybridized carbons (Fsp3) is 0.314. The van der Waals surface area contributed by atoms with E-state index in [4.69, 9.17) is 17.3 Å². The summed E-state index contributed by atoms with van der Waals surface area (Å²) in [5.41, 5.74) is 3.03. The number of nitrogens with two attached hydrogens (primary N) is 1. The van der Waals surface area contributed by atoms with E-state index >= 15 is 13.2 Å². The molecular formula is C35H30ClF7N8O4S. The number of nitrogens with zero attached hydrogens (tertiary/aromatic N) is 4. The number of anilines is 3. The zero-order valence-corrected chi connectivity index (χ0v) is 30.6. The van der Waals surface area contributed by atoms with Crippen molar-refractivity contribution in [1.29, 1.82) is 0 Å². The van der Waals surface area contributed by atoms with Crippen LogP contribution in [0.15, 0.2) is 52.9 Å². The van der Waals surface area contributed by atoms with E-state index in [0.29, 0.717) is 10.7 Å². The Morgan fingerprint density at radius 1 is 1.14 bits per heavy atom. The summed E-state index contributed by atoms with van der Waals surface area (Å²) in [6.07, 6.45) is -4.46. The molecule has 4 aromatic rings. The van der Waals surface area contributed by atoms with Crippen molar-refractivity contribution in [3.63, 3.8) is 0 Å². The Labute approximate surface area is 318 Å². The van der Waals surface area contributed by atoms with Crippen LogP contribution in [-0.4, -0.2) is 61.4 Å². The van der Waals surface area contributed by atoms with Crippen molar-refractivity contribution in [2.75, 3.05) is 28.8 Å². The van der Waals surface area contributed by atoms with Crippen LogP contribution >= 0.6 is 11.6 Å². The second-order valence-corrected chi connectivity index (χ2v) is 15.6. The summed E-state index contributed by atoms with van der Waals surface area (Å²) in [5.74, 6) is -11.3. The van der Waals surface area contributed by atoms with E-state index in [-0.39, 0.29) is 45.2 Å². The van der Waals surface area contributed by atoms with Crippen molar-refractivity contribution in [1.82, 2.24) is 15.1 Å². The third-order valence-corrected chi connectivity index (χ3v) is 10.6. The third-order valence-electron chi connectivity index (χ3n) is 9.76. The second kappa shape index (κ2) is 14.0.